The number of rotatable bonds is 6. The number of morpholine rings is 1. The fourth-order valence-corrected chi connectivity index (χ4v) is 4.33. The Labute approximate surface area is 188 Å². The second kappa shape index (κ2) is 10.4. The lowest BCUT2D eigenvalue weighted by atomic mass is 10.0. The third kappa shape index (κ3) is 5.16. The minimum Gasteiger partial charge on any atom is -0.399 e. The van der Waals surface area contributed by atoms with Crippen LogP contribution in [0.2, 0.25) is 0 Å². The minimum absolute atomic E-state index is 0.0465. The minimum atomic E-state index is -0.0739. The van der Waals surface area contributed by atoms with Crippen molar-refractivity contribution < 1.29 is 19.2 Å². The van der Waals surface area contributed by atoms with E-state index in [2.05, 4.69) is 5.16 Å². The van der Waals surface area contributed by atoms with Crippen molar-refractivity contribution in [1.29, 1.82) is 0 Å². The number of amides is 2. The Morgan fingerprint density at radius 3 is 2.41 bits per heavy atom. The first kappa shape index (κ1) is 22.0. The molecule has 2 amide bonds. The first-order valence-electron chi connectivity index (χ1n) is 11.1. The highest BCUT2D eigenvalue weighted by molar-refractivity contribution is 6.00. The zero-order chi connectivity index (χ0) is 22.3. The van der Waals surface area contributed by atoms with Gasteiger partial charge in [0.1, 0.15) is 7.11 Å². The SMILES string of the molecule is CO/N=C1\CC(CCC(=O)N2CCOCC2)N(C(=O)c2ccc(-c3ccccc3)cc2)C1. The lowest BCUT2D eigenvalue weighted by Crippen LogP contribution is -2.41. The maximum Gasteiger partial charge on any atom is 0.254 e. The number of oxime groups is 1. The lowest BCUT2D eigenvalue weighted by molar-refractivity contribution is -0.135. The van der Waals surface area contributed by atoms with Gasteiger partial charge in [-0.3, -0.25) is 9.59 Å². The van der Waals surface area contributed by atoms with Crippen LogP contribution in [-0.2, 0) is 14.4 Å². The van der Waals surface area contributed by atoms with Crippen LogP contribution in [0.4, 0.5) is 0 Å². The van der Waals surface area contributed by atoms with E-state index in [0.717, 1.165) is 16.8 Å². The zero-order valence-corrected chi connectivity index (χ0v) is 18.4. The molecular weight excluding hydrogens is 406 g/mol. The van der Waals surface area contributed by atoms with E-state index in [9.17, 15) is 9.59 Å². The molecule has 2 aliphatic heterocycles. The number of carbonyl (C=O) groups excluding carboxylic acids is 2. The molecule has 2 heterocycles. The first-order valence-corrected chi connectivity index (χ1v) is 11.1. The monoisotopic (exact) mass is 435 g/mol. The molecule has 0 radical (unpaired) electrons. The molecular formula is C25H29N3O4. The van der Waals surface area contributed by atoms with Crippen molar-refractivity contribution >= 4 is 17.5 Å². The van der Waals surface area contributed by atoms with Crippen molar-refractivity contribution in [3.8, 4) is 11.1 Å². The summed E-state index contributed by atoms with van der Waals surface area (Å²) in [4.78, 5) is 34.5. The molecule has 4 rings (SSSR count). The third-order valence-corrected chi connectivity index (χ3v) is 6.04. The normalized spacial score (nSPS) is 19.9. The van der Waals surface area contributed by atoms with Crippen LogP contribution < -0.4 is 0 Å². The van der Waals surface area contributed by atoms with Crippen molar-refractivity contribution in [2.75, 3.05) is 40.0 Å². The highest BCUT2D eigenvalue weighted by atomic mass is 16.6. The van der Waals surface area contributed by atoms with Gasteiger partial charge in [-0.1, -0.05) is 47.6 Å². The van der Waals surface area contributed by atoms with E-state index >= 15 is 0 Å². The zero-order valence-electron chi connectivity index (χ0n) is 18.4. The van der Waals surface area contributed by atoms with E-state index < -0.39 is 0 Å². The average molecular weight is 436 g/mol. The van der Waals surface area contributed by atoms with Crippen LogP contribution in [0, 0.1) is 0 Å². The molecule has 7 nitrogen and oxygen atoms in total. The molecule has 0 spiro atoms. The predicted molar refractivity (Wildman–Crippen MR) is 122 cm³/mol. The number of hydrogen-bond acceptors (Lipinski definition) is 5. The quantitative estimate of drug-likeness (QED) is 0.654. The molecule has 2 fully saturated rings. The number of carbonyl (C=O) groups is 2. The van der Waals surface area contributed by atoms with Crippen LogP contribution in [-0.4, -0.2) is 73.3 Å². The summed E-state index contributed by atoms with van der Waals surface area (Å²) in [5.74, 6) is 0.0692. The number of benzene rings is 2. The predicted octanol–water partition coefficient (Wildman–Crippen LogP) is 3.21. The Morgan fingerprint density at radius 1 is 1.03 bits per heavy atom. The van der Waals surface area contributed by atoms with Crippen LogP contribution in [0.25, 0.3) is 11.1 Å². The molecule has 32 heavy (non-hydrogen) atoms. The molecule has 0 aromatic heterocycles. The molecule has 0 bridgehead atoms. The summed E-state index contributed by atoms with van der Waals surface area (Å²) in [7, 11) is 1.51. The first-order chi connectivity index (χ1) is 15.7. The molecule has 2 saturated heterocycles. The van der Waals surface area contributed by atoms with Gasteiger partial charge in [-0.05, 0) is 29.7 Å². The van der Waals surface area contributed by atoms with Crippen molar-refractivity contribution in [3.63, 3.8) is 0 Å². The second-order valence-corrected chi connectivity index (χ2v) is 8.11. The Bertz CT molecular complexity index is 953. The summed E-state index contributed by atoms with van der Waals surface area (Å²) in [6.45, 7) is 2.86. The van der Waals surface area contributed by atoms with Gasteiger partial charge in [0, 0.05) is 37.5 Å². The molecule has 1 unspecified atom stereocenters. The van der Waals surface area contributed by atoms with Gasteiger partial charge in [0.25, 0.3) is 5.91 Å². The Hall–Kier alpha value is -3.19. The standard InChI is InChI=1S/C25H29N3O4/c1-31-26-22-17-23(11-12-24(29)27-13-15-32-16-14-27)28(18-22)25(30)21-9-7-20(8-10-21)19-5-3-2-4-6-19/h2-10,23H,11-18H2,1H3/b26-22+. The molecule has 0 aliphatic carbocycles. The Kier molecular flexibility index (Phi) is 7.17. The number of likely N-dealkylation sites (tertiary alicyclic amines) is 1. The molecule has 0 saturated carbocycles. The summed E-state index contributed by atoms with van der Waals surface area (Å²) < 4.78 is 5.33. The van der Waals surface area contributed by atoms with Gasteiger partial charge >= 0.3 is 0 Å². The van der Waals surface area contributed by atoms with E-state index in [-0.39, 0.29) is 17.9 Å². The van der Waals surface area contributed by atoms with Gasteiger partial charge in [-0.15, -0.1) is 0 Å². The summed E-state index contributed by atoms with van der Waals surface area (Å²) in [6, 6.07) is 17.7. The summed E-state index contributed by atoms with van der Waals surface area (Å²) in [5.41, 5.74) is 3.64. The molecule has 168 valence electrons. The number of nitrogens with zero attached hydrogens (tertiary/aromatic N) is 3. The lowest BCUT2D eigenvalue weighted by Gasteiger charge is -2.28. The van der Waals surface area contributed by atoms with Gasteiger partial charge < -0.3 is 19.4 Å². The van der Waals surface area contributed by atoms with E-state index in [1.54, 1.807) is 0 Å². The van der Waals surface area contributed by atoms with Crippen LogP contribution in [0.5, 0.6) is 0 Å². The molecule has 0 N–H and O–H groups in total. The third-order valence-electron chi connectivity index (χ3n) is 6.04. The van der Waals surface area contributed by atoms with Crippen LogP contribution >= 0.6 is 0 Å². The van der Waals surface area contributed by atoms with Gasteiger partial charge in [0.2, 0.25) is 5.91 Å². The summed E-state index contributed by atoms with van der Waals surface area (Å²) in [6.07, 6.45) is 1.63. The van der Waals surface area contributed by atoms with E-state index in [1.165, 1.54) is 7.11 Å². The topological polar surface area (TPSA) is 71.4 Å². The highest BCUT2D eigenvalue weighted by Gasteiger charge is 2.34. The fraction of sp³-hybridized carbons (Fsp3) is 0.400. The van der Waals surface area contributed by atoms with Crippen molar-refractivity contribution in [1.82, 2.24) is 9.80 Å². The molecule has 7 heteroatoms. The maximum absolute atomic E-state index is 13.3. The van der Waals surface area contributed by atoms with Gasteiger partial charge in [0.05, 0.1) is 25.5 Å². The number of hydrogen-bond donors (Lipinski definition) is 0. The van der Waals surface area contributed by atoms with Crippen LogP contribution in [0.15, 0.2) is 59.8 Å². The summed E-state index contributed by atoms with van der Waals surface area (Å²) >= 11 is 0. The van der Waals surface area contributed by atoms with Crippen LogP contribution in [0.1, 0.15) is 29.6 Å². The molecule has 2 aromatic carbocycles. The van der Waals surface area contributed by atoms with Gasteiger partial charge in [-0.25, -0.2) is 0 Å². The second-order valence-electron chi connectivity index (χ2n) is 8.11. The van der Waals surface area contributed by atoms with E-state index in [0.29, 0.717) is 57.7 Å². The van der Waals surface area contributed by atoms with Crippen molar-refractivity contribution in [2.45, 2.75) is 25.3 Å². The van der Waals surface area contributed by atoms with Crippen molar-refractivity contribution in [2.24, 2.45) is 5.16 Å². The molecule has 1 atom stereocenters. The van der Waals surface area contributed by atoms with Crippen LogP contribution in [0.3, 0.4) is 0 Å². The molecule has 2 aromatic rings. The highest BCUT2D eigenvalue weighted by Crippen LogP contribution is 2.25. The maximum atomic E-state index is 13.3. The largest absolute Gasteiger partial charge is 0.399 e. The molecule has 2 aliphatic rings. The Morgan fingerprint density at radius 2 is 1.72 bits per heavy atom. The van der Waals surface area contributed by atoms with Gasteiger partial charge in [0.15, 0.2) is 0 Å². The van der Waals surface area contributed by atoms with Gasteiger partial charge in [-0.2, -0.15) is 0 Å². The fourth-order valence-electron chi connectivity index (χ4n) is 4.33. The smallest absolute Gasteiger partial charge is 0.254 e. The average Bonchev–Trinajstić information content (AvgIpc) is 3.26. The Balaban J connectivity index is 1.44. The van der Waals surface area contributed by atoms with E-state index in [4.69, 9.17) is 9.57 Å². The van der Waals surface area contributed by atoms with Crippen molar-refractivity contribution in [3.05, 3.63) is 60.2 Å². The summed E-state index contributed by atoms with van der Waals surface area (Å²) in [5, 5.41) is 4.08. The number of ether oxygens (including phenoxy) is 1. The van der Waals surface area contributed by atoms with E-state index in [1.807, 2.05) is 64.4 Å².